The zero-order chi connectivity index (χ0) is 12.5. The number of aromatic nitrogens is 2. The average molecular weight is 239 g/mol. The highest BCUT2D eigenvalue weighted by atomic mass is 16.5. The molecule has 0 spiro atoms. The minimum atomic E-state index is 0.407. The fourth-order valence-electron chi connectivity index (χ4n) is 1.79. The van der Waals surface area contributed by atoms with E-state index < -0.39 is 0 Å². The summed E-state index contributed by atoms with van der Waals surface area (Å²) in [7, 11) is 1.99. The number of hydrogen-bond acceptors (Lipinski definition) is 3. The molecule has 17 heavy (non-hydrogen) atoms. The van der Waals surface area contributed by atoms with Gasteiger partial charge in [0.25, 0.3) is 0 Å². The third-order valence-corrected chi connectivity index (χ3v) is 2.92. The van der Waals surface area contributed by atoms with Gasteiger partial charge in [0.2, 0.25) is 0 Å². The number of rotatable bonds is 9. The van der Waals surface area contributed by atoms with Gasteiger partial charge in [0.15, 0.2) is 0 Å². The highest BCUT2D eigenvalue weighted by molar-refractivity contribution is 5.09. The van der Waals surface area contributed by atoms with Crippen molar-refractivity contribution in [1.29, 1.82) is 0 Å². The van der Waals surface area contributed by atoms with E-state index in [2.05, 4.69) is 30.5 Å². The third-order valence-electron chi connectivity index (χ3n) is 2.92. The van der Waals surface area contributed by atoms with Crippen LogP contribution in [0.2, 0.25) is 0 Å². The number of ether oxygens (including phenoxy) is 1. The molecule has 1 heterocycles. The van der Waals surface area contributed by atoms with Gasteiger partial charge in [-0.25, -0.2) is 0 Å². The van der Waals surface area contributed by atoms with Crippen LogP contribution in [0.3, 0.4) is 0 Å². The summed E-state index contributed by atoms with van der Waals surface area (Å²) in [6, 6.07) is 0.407. The molecule has 1 unspecified atom stereocenters. The van der Waals surface area contributed by atoms with E-state index in [4.69, 9.17) is 4.74 Å². The molecule has 1 atom stereocenters. The summed E-state index contributed by atoms with van der Waals surface area (Å²) in [6.45, 7) is 6.79. The van der Waals surface area contributed by atoms with E-state index in [1.807, 2.05) is 17.9 Å². The quantitative estimate of drug-likeness (QED) is 0.672. The van der Waals surface area contributed by atoms with Crippen LogP contribution < -0.4 is 5.32 Å². The minimum Gasteiger partial charge on any atom is -0.380 e. The van der Waals surface area contributed by atoms with Gasteiger partial charge in [0.05, 0.1) is 19.3 Å². The van der Waals surface area contributed by atoms with Gasteiger partial charge in [0.1, 0.15) is 0 Å². The highest BCUT2D eigenvalue weighted by Crippen LogP contribution is 2.14. The molecule has 1 aromatic rings. The van der Waals surface area contributed by atoms with Crippen LogP contribution in [0, 0.1) is 0 Å². The normalized spacial score (nSPS) is 12.9. The smallest absolute Gasteiger partial charge is 0.0662 e. The monoisotopic (exact) mass is 239 g/mol. The van der Waals surface area contributed by atoms with Crippen LogP contribution in [0.5, 0.6) is 0 Å². The lowest BCUT2D eigenvalue weighted by molar-refractivity contribution is 0.121. The molecule has 1 N–H and O–H groups in total. The number of nitrogens with zero attached hydrogens (tertiary/aromatic N) is 2. The standard InChI is InChI=1S/C13H25N3O/c1-4-6-8-17-9-7-16-11-12(10-15-16)13(5-2)14-3/h10-11,13-14H,4-9H2,1-3H3. The van der Waals surface area contributed by atoms with Gasteiger partial charge < -0.3 is 10.1 Å². The van der Waals surface area contributed by atoms with Gasteiger partial charge >= 0.3 is 0 Å². The predicted molar refractivity (Wildman–Crippen MR) is 70.0 cm³/mol. The summed E-state index contributed by atoms with van der Waals surface area (Å²) >= 11 is 0. The van der Waals surface area contributed by atoms with Crippen LogP contribution in [-0.4, -0.2) is 30.0 Å². The molecule has 1 aromatic heterocycles. The molecular formula is C13H25N3O. The van der Waals surface area contributed by atoms with Crippen molar-refractivity contribution in [2.75, 3.05) is 20.3 Å². The third kappa shape index (κ3) is 4.88. The Bertz CT molecular complexity index is 295. The minimum absolute atomic E-state index is 0.407. The van der Waals surface area contributed by atoms with E-state index in [1.165, 1.54) is 12.0 Å². The van der Waals surface area contributed by atoms with Gasteiger partial charge in [-0.1, -0.05) is 20.3 Å². The van der Waals surface area contributed by atoms with Crippen LogP contribution in [-0.2, 0) is 11.3 Å². The van der Waals surface area contributed by atoms with E-state index in [-0.39, 0.29) is 0 Å². The van der Waals surface area contributed by atoms with Crippen molar-refractivity contribution in [1.82, 2.24) is 15.1 Å². The molecule has 0 radical (unpaired) electrons. The van der Waals surface area contributed by atoms with Crippen molar-refractivity contribution in [3.05, 3.63) is 18.0 Å². The van der Waals surface area contributed by atoms with Crippen molar-refractivity contribution in [2.45, 2.75) is 45.7 Å². The molecular weight excluding hydrogens is 214 g/mol. The van der Waals surface area contributed by atoms with Crippen LogP contribution in [0.1, 0.15) is 44.7 Å². The Hall–Kier alpha value is -0.870. The molecule has 0 fully saturated rings. The maximum Gasteiger partial charge on any atom is 0.0662 e. The van der Waals surface area contributed by atoms with Crippen molar-refractivity contribution >= 4 is 0 Å². The molecule has 0 aliphatic carbocycles. The molecule has 4 nitrogen and oxygen atoms in total. The zero-order valence-electron chi connectivity index (χ0n) is 11.3. The summed E-state index contributed by atoms with van der Waals surface area (Å²) in [5.41, 5.74) is 1.25. The molecule has 0 saturated heterocycles. The Kier molecular flexibility index (Phi) is 6.89. The number of nitrogens with one attached hydrogen (secondary N) is 1. The van der Waals surface area contributed by atoms with Gasteiger partial charge in [-0.05, 0) is 19.9 Å². The fourth-order valence-corrected chi connectivity index (χ4v) is 1.79. The summed E-state index contributed by atoms with van der Waals surface area (Å²) in [4.78, 5) is 0. The first-order valence-corrected chi connectivity index (χ1v) is 6.59. The lowest BCUT2D eigenvalue weighted by Gasteiger charge is -2.10. The van der Waals surface area contributed by atoms with E-state index in [0.717, 1.165) is 32.6 Å². The van der Waals surface area contributed by atoms with Crippen molar-refractivity contribution in [2.24, 2.45) is 0 Å². The molecule has 1 rings (SSSR count). The first kappa shape index (κ1) is 14.2. The molecule has 4 heteroatoms. The number of unbranched alkanes of at least 4 members (excludes halogenated alkanes) is 1. The predicted octanol–water partition coefficient (Wildman–Crippen LogP) is 2.37. The van der Waals surface area contributed by atoms with Gasteiger partial charge in [-0.3, -0.25) is 4.68 Å². The Morgan fingerprint density at radius 2 is 2.24 bits per heavy atom. The zero-order valence-corrected chi connectivity index (χ0v) is 11.3. The second kappa shape index (κ2) is 8.25. The largest absolute Gasteiger partial charge is 0.380 e. The van der Waals surface area contributed by atoms with Crippen molar-refractivity contribution in [3.8, 4) is 0 Å². The summed E-state index contributed by atoms with van der Waals surface area (Å²) in [5.74, 6) is 0. The molecule has 0 amide bonds. The molecule has 0 saturated carbocycles. The number of hydrogen-bond donors (Lipinski definition) is 1. The first-order valence-electron chi connectivity index (χ1n) is 6.59. The van der Waals surface area contributed by atoms with Gasteiger partial charge in [0, 0.05) is 24.4 Å². The van der Waals surface area contributed by atoms with Crippen molar-refractivity contribution < 1.29 is 4.74 Å². The van der Waals surface area contributed by atoms with Gasteiger partial charge in [-0.2, -0.15) is 5.10 Å². The Labute approximate surface area is 104 Å². The van der Waals surface area contributed by atoms with Crippen LogP contribution in [0.25, 0.3) is 0 Å². The van der Waals surface area contributed by atoms with Gasteiger partial charge in [-0.15, -0.1) is 0 Å². The van der Waals surface area contributed by atoms with Crippen LogP contribution in [0.15, 0.2) is 12.4 Å². The van der Waals surface area contributed by atoms with E-state index in [9.17, 15) is 0 Å². The van der Waals surface area contributed by atoms with E-state index in [1.54, 1.807) is 0 Å². The molecule has 0 aromatic carbocycles. The Morgan fingerprint density at radius 1 is 1.41 bits per heavy atom. The van der Waals surface area contributed by atoms with Crippen molar-refractivity contribution in [3.63, 3.8) is 0 Å². The lowest BCUT2D eigenvalue weighted by Crippen LogP contribution is -2.14. The topological polar surface area (TPSA) is 39.1 Å². The first-order chi connectivity index (χ1) is 8.31. The maximum absolute atomic E-state index is 5.52. The summed E-state index contributed by atoms with van der Waals surface area (Å²) < 4.78 is 7.48. The second-order valence-electron chi connectivity index (χ2n) is 4.25. The average Bonchev–Trinajstić information content (AvgIpc) is 2.79. The highest BCUT2D eigenvalue weighted by Gasteiger charge is 2.08. The Balaban J connectivity index is 2.30. The molecule has 0 bridgehead atoms. The summed E-state index contributed by atoms with van der Waals surface area (Å²) in [6.07, 6.45) is 7.45. The SMILES string of the molecule is CCCCOCCn1cc(C(CC)NC)cn1. The fraction of sp³-hybridized carbons (Fsp3) is 0.769. The Morgan fingerprint density at radius 3 is 2.88 bits per heavy atom. The van der Waals surface area contributed by atoms with E-state index in [0.29, 0.717) is 6.04 Å². The molecule has 98 valence electrons. The lowest BCUT2D eigenvalue weighted by atomic mass is 10.1. The molecule has 0 aliphatic heterocycles. The van der Waals surface area contributed by atoms with E-state index >= 15 is 0 Å². The van der Waals surface area contributed by atoms with Crippen LogP contribution in [0.4, 0.5) is 0 Å². The van der Waals surface area contributed by atoms with Crippen LogP contribution >= 0.6 is 0 Å². The maximum atomic E-state index is 5.52. The summed E-state index contributed by atoms with van der Waals surface area (Å²) in [5, 5.41) is 7.63. The second-order valence-corrected chi connectivity index (χ2v) is 4.25. The molecule has 0 aliphatic rings.